The maximum Gasteiger partial charge on any atom is 0.338 e. The minimum Gasteiger partial charge on any atom is -0.497 e. The summed E-state index contributed by atoms with van der Waals surface area (Å²) in [6.45, 7) is 2.08. The molecule has 0 saturated heterocycles. The SMILES string of the molecule is CCOC(=O)C1=C(c2ccccc2)N=c2s/c(=C\c3cc4c(cc3Br)OCO4)c(=O)n2[C@@H]1c1ccc(OC)cc1. The maximum absolute atomic E-state index is 14.1. The highest BCUT2D eigenvalue weighted by molar-refractivity contribution is 9.10. The molecule has 0 unspecified atom stereocenters. The number of carbonyl (C=O) groups is 1. The number of nitrogens with zero attached hydrogens (tertiary/aromatic N) is 2. The number of ether oxygens (including phenoxy) is 4. The van der Waals surface area contributed by atoms with E-state index in [9.17, 15) is 9.59 Å². The van der Waals surface area contributed by atoms with Crippen molar-refractivity contribution in [2.45, 2.75) is 13.0 Å². The average molecular weight is 619 g/mol. The third-order valence-electron chi connectivity index (χ3n) is 6.58. The average Bonchev–Trinajstić information content (AvgIpc) is 3.56. The van der Waals surface area contributed by atoms with E-state index in [1.165, 1.54) is 11.3 Å². The molecule has 0 saturated carbocycles. The van der Waals surface area contributed by atoms with Gasteiger partial charge in [-0.15, -0.1) is 0 Å². The molecule has 0 spiro atoms. The van der Waals surface area contributed by atoms with Gasteiger partial charge in [-0.2, -0.15) is 0 Å². The number of thiazole rings is 1. The van der Waals surface area contributed by atoms with Crippen LogP contribution in [-0.2, 0) is 9.53 Å². The highest BCUT2D eigenvalue weighted by atomic mass is 79.9. The van der Waals surface area contributed by atoms with Gasteiger partial charge >= 0.3 is 5.97 Å². The molecule has 4 aromatic rings. The molecule has 0 amide bonds. The minimum atomic E-state index is -0.765. The van der Waals surface area contributed by atoms with Crippen LogP contribution in [0.1, 0.15) is 29.7 Å². The molecule has 3 aromatic carbocycles. The zero-order valence-corrected chi connectivity index (χ0v) is 24.0. The second-order valence-corrected chi connectivity index (χ2v) is 10.8. The summed E-state index contributed by atoms with van der Waals surface area (Å²) >= 11 is 4.83. The molecule has 8 nitrogen and oxygen atoms in total. The van der Waals surface area contributed by atoms with Gasteiger partial charge in [0.1, 0.15) is 5.75 Å². The zero-order chi connectivity index (χ0) is 27.8. The second-order valence-electron chi connectivity index (χ2n) is 8.93. The van der Waals surface area contributed by atoms with Crippen molar-refractivity contribution in [3.63, 3.8) is 0 Å². The highest BCUT2D eigenvalue weighted by Gasteiger charge is 2.35. The summed E-state index contributed by atoms with van der Waals surface area (Å²) < 4.78 is 24.6. The van der Waals surface area contributed by atoms with Crippen molar-refractivity contribution in [3.05, 3.63) is 113 Å². The number of benzene rings is 3. The predicted octanol–water partition coefficient (Wildman–Crippen LogP) is 4.44. The Hall–Kier alpha value is -4.15. The van der Waals surface area contributed by atoms with Crippen LogP contribution in [0.5, 0.6) is 17.2 Å². The molecule has 0 fully saturated rings. The van der Waals surface area contributed by atoms with E-state index in [-0.39, 0.29) is 19.0 Å². The van der Waals surface area contributed by atoms with Crippen molar-refractivity contribution in [3.8, 4) is 17.2 Å². The number of halogens is 1. The van der Waals surface area contributed by atoms with E-state index in [1.807, 2.05) is 54.6 Å². The van der Waals surface area contributed by atoms with Gasteiger partial charge in [0.05, 0.1) is 35.6 Å². The number of hydrogen-bond donors (Lipinski definition) is 0. The van der Waals surface area contributed by atoms with Crippen LogP contribution in [-0.4, -0.2) is 31.0 Å². The number of rotatable bonds is 6. The Bertz CT molecular complexity index is 1830. The Morgan fingerprint density at radius 3 is 2.55 bits per heavy atom. The van der Waals surface area contributed by atoms with E-state index in [1.54, 1.807) is 36.8 Å². The van der Waals surface area contributed by atoms with Crippen LogP contribution in [0.4, 0.5) is 0 Å². The lowest BCUT2D eigenvalue weighted by atomic mass is 9.93. The van der Waals surface area contributed by atoms with Gasteiger partial charge in [-0.05, 0) is 48.4 Å². The van der Waals surface area contributed by atoms with Gasteiger partial charge in [0, 0.05) is 10.0 Å². The van der Waals surface area contributed by atoms with Crippen LogP contribution in [0.15, 0.2) is 86.6 Å². The largest absolute Gasteiger partial charge is 0.497 e. The number of carbonyl (C=O) groups excluding carboxylic acids is 1. The Labute approximate surface area is 241 Å². The van der Waals surface area contributed by atoms with E-state index in [4.69, 9.17) is 23.9 Å². The number of hydrogen-bond acceptors (Lipinski definition) is 8. The first-order valence-corrected chi connectivity index (χ1v) is 14.1. The van der Waals surface area contributed by atoms with Crippen LogP contribution < -0.4 is 29.1 Å². The van der Waals surface area contributed by atoms with Crippen molar-refractivity contribution in [1.29, 1.82) is 0 Å². The third-order valence-corrected chi connectivity index (χ3v) is 8.25. The fourth-order valence-electron chi connectivity index (χ4n) is 4.73. The number of aromatic nitrogens is 1. The fraction of sp³-hybridized carbons (Fsp3) is 0.167. The molecule has 3 heterocycles. The summed E-state index contributed by atoms with van der Waals surface area (Å²) in [6.07, 6.45) is 1.79. The molecule has 10 heteroatoms. The lowest BCUT2D eigenvalue weighted by Crippen LogP contribution is -2.40. The van der Waals surface area contributed by atoms with Crippen molar-refractivity contribution >= 4 is 45.0 Å². The Morgan fingerprint density at radius 1 is 1.12 bits per heavy atom. The molecule has 2 aliphatic rings. The smallest absolute Gasteiger partial charge is 0.338 e. The van der Waals surface area contributed by atoms with Crippen molar-refractivity contribution in [2.24, 2.45) is 4.99 Å². The molecule has 0 radical (unpaired) electrons. The topological polar surface area (TPSA) is 88.4 Å². The maximum atomic E-state index is 14.1. The first-order valence-electron chi connectivity index (χ1n) is 12.5. The van der Waals surface area contributed by atoms with Gasteiger partial charge < -0.3 is 18.9 Å². The minimum absolute atomic E-state index is 0.147. The molecule has 40 heavy (non-hydrogen) atoms. The summed E-state index contributed by atoms with van der Waals surface area (Å²) in [7, 11) is 1.59. The lowest BCUT2D eigenvalue weighted by molar-refractivity contribution is -0.138. The molecule has 0 bridgehead atoms. The molecule has 0 N–H and O–H groups in total. The van der Waals surface area contributed by atoms with Crippen LogP contribution in [0.2, 0.25) is 0 Å². The van der Waals surface area contributed by atoms with Crippen molar-refractivity contribution < 1.29 is 23.7 Å². The summed E-state index contributed by atoms with van der Waals surface area (Å²) in [6, 6.07) is 19.6. The molecule has 6 rings (SSSR count). The standard InChI is InChI=1S/C30H23BrN2O6S/c1-3-37-29(35)25-26(17-7-5-4-6-8-17)32-30-33(27(25)18-9-11-20(36-2)12-10-18)28(34)24(40-30)14-19-13-22-23(15-21(19)31)39-16-38-22/h4-15,27H,3,16H2,1-2H3/b24-14-/t27-/m1/s1. The first kappa shape index (κ1) is 26.1. The Kier molecular flexibility index (Phi) is 7.03. The molecule has 1 atom stereocenters. The first-order chi connectivity index (χ1) is 19.5. The number of fused-ring (bicyclic) bond motifs is 2. The van der Waals surface area contributed by atoms with Crippen LogP contribution in [0.25, 0.3) is 11.8 Å². The van der Waals surface area contributed by atoms with E-state index in [0.29, 0.717) is 37.9 Å². The van der Waals surface area contributed by atoms with Gasteiger partial charge in [0.2, 0.25) is 6.79 Å². The molecule has 0 aliphatic carbocycles. The monoisotopic (exact) mass is 618 g/mol. The van der Waals surface area contributed by atoms with E-state index < -0.39 is 12.0 Å². The van der Waals surface area contributed by atoms with Gasteiger partial charge in [0.15, 0.2) is 16.3 Å². The second kappa shape index (κ2) is 10.8. The van der Waals surface area contributed by atoms with Crippen molar-refractivity contribution in [2.75, 3.05) is 20.5 Å². The van der Waals surface area contributed by atoms with E-state index in [2.05, 4.69) is 15.9 Å². The van der Waals surface area contributed by atoms with Gasteiger partial charge in [-0.3, -0.25) is 9.36 Å². The molecular formula is C30H23BrN2O6S. The number of esters is 1. The van der Waals surface area contributed by atoms with Crippen LogP contribution in [0.3, 0.4) is 0 Å². The highest BCUT2D eigenvalue weighted by Crippen LogP contribution is 2.38. The zero-order valence-electron chi connectivity index (χ0n) is 21.5. The van der Waals surface area contributed by atoms with E-state index >= 15 is 0 Å². The summed E-state index contributed by atoms with van der Waals surface area (Å²) in [5.41, 5.74) is 2.72. The van der Waals surface area contributed by atoms with Gasteiger partial charge in [-0.1, -0.05) is 69.7 Å². The molecule has 1 aromatic heterocycles. The predicted molar refractivity (Wildman–Crippen MR) is 154 cm³/mol. The summed E-state index contributed by atoms with van der Waals surface area (Å²) in [4.78, 5) is 32.9. The summed E-state index contributed by atoms with van der Waals surface area (Å²) in [5, 5.41) is 0. The molecule has 2 aliphatic heterocycles. The van der Waals surface area contributed by atoms with Gasteiger partial charge in [-0.25, -0.2) is 9.79 Å². The fourth-order valence-corrected chi connectivity index (χ4v) is 6.16. The van der Waals surface area contributed by atoms with Crippen LogP contribution >= 0.6 is 27.3 Å². The van der Waals surface area contributed by atoms with E-state index in [0.717, 1.165) is 21.2 Å². The third kappa shape index (κ3) is 4.63. The normalized spacial score (nSPS) is 16.0. The Balaban J connectivity index is 1.62. The molecule has 202 valence electrons. The van der Waals surface area contributed by atoms with Crippen molar-refractivity contribution in [1.82, 2.24) is 4.57 Å². The lowest BCUT2D eigenvalue weighted by Gasteiger charge is -2.26. The number of methoxy groups -OCH3 is 1. The molecular weight excluding hydrogens is 596 g/mol. The quantitative estimate of drug-likeness (QED) is 0.297. The van der Waals surface area contributed by atoms with Gasteiger partial charge in [0.25, 0.3) is 5.56 Å². The van der Waals surface area contributed by atoms with Crippen LogP contribution in [0, 0.1) is 0 Å². The summed E-state index contributed by atoms with van der Waals surface area (Å²) in [5.74, 6) is 1.37. The Morgan fingerprint density at radius 2 is 1.85 bits per heavy atom.